The van der Waals surface area contributed by atoms with Crippen molar-refractivity contribution in [1.82, 2.24) is 20.3 Å². The Morgan fingerprint density at radius 2 is 2.14 bits per heavy atom. The number of nitrogens with one attached hydrogen (secondary N) is 2. The minimum Gasteiger partial charge on any atom is -0.382 e. The topological polar surface area (TPSA) is 71.8 Å². The van der Waals surface area contributed by atoms with Crippen LogP contribution in [0.3, 0.4) is 0 Å². The quantitative estimate of drug-likeness (QED) is 0.763. The van der Waals surface area contributed by atoms with Crippen LogP contribution in [0.4, 0.5) is 5.69 Å². The first kappa shape index (κ1) is 15.0. The van der Waals surface area contributed by atoms with Crippen LogP contribution in [-0.4, -0.2) is 33.5 Å². The van der Waals surface area contributed by atoms with Gasteiger partial charge in [-0.3, -0.25) is 9.48 Å². The number of anilines is 1. The zero-order valence-electron chi connectivity index (χ0n) is 12.4. The Labute approximate surface area is 124 Å². The van der Waals surface area contributed by atoms with E-state index in [1.807, 2.05) is 44.3 Å². The zero-order valence-corrected chi connectivity index (χ0v) is 12.4. The van der Waals surface area contributed by atoms with Crippen molar-refractivity contribution in [2.24, 2.45) is 0 Å². The van der Waals surface area contributed by atoms with E-state index < -0.39 is 0 Å². The fourth-order valence-electron chi connectivity index (χ4n) is 2.01. The molecule has 0 saturated heterocycles. The third-order valence-electron chi connectivity index (χ3n) is 2.94. The molecule has 0 aliphatic heterocycles. The van der Waals surface area contributed by atoms with Crippen LogP contribution >= 0.6 is 0 Å². The number of aryl methyl sites for hydroxylation is 1. The molecule has 0 saturated carbocycles. The molecular weight excluding hydrogens is 266 g/mol. The molecule has 1 heterocycles. The van der Waals surface area contributed by atoms with E-state index in [-0.39, 0.29) is 11.9 Å². The highest BCUT2D eigenvalue weighted by Gasteiger charge is 2.10. The molecule has 2 rings (SSSR count). The average molecular weight is 287 g/mol. The van der Waals surface area contributed by atoms with Crippen LogP contribution in [0.5, 0.6) is 0 Å². The summed E-state index contributed by atoms with van der Waals surface area (Å²) in [5.41, 5.74) is 1.54. The molecule has 0 aliphatic rings. The Balaban J connectivity index is 1.85. The number of hydrogen-bond donors (Lipinski definition) is 2. The Morgan fingerprint density at radius 3 is 2.86 bits per heavy atom. The van der Waals surface area contributed by atoms with Gasteiger partial charge in [-0.2, -0.15) is 0 Å². The van der Waals surface area contributed by atoms with Gasteiger partial charge in [0.25, 0.3) is 5.91 Å². The van der Waals surface area contributed by atoms with Crippen LogP contribution in [0.15, 0.2) is 36.7 Å². The van der Waals surface area contributed by atoms with Gasteiger partial charge in [-0.25, -0.2) is 0 Å². The highest BCUT2D eigenvalue weighted by atomic mass is 16.1. The highest BCUT2D eigenvalue weighted by molar-refractivity contribution is 5.99. The standard InChI is InChI=1S/C15H21N5O/c1-12(2)18-14-7-4-3-6-13(14)15(21)16-8-5-10-20-11-9-17-19-20/h3-4,6-7,9,11-12,18H,5,8,10H2,1-2H3,(H,16,21). The van der Waals surface area contributed by atoms with E-state index >= 15 is 0 Å². The molecule has 0 bridgehead atoms. The minimum atomic E-state index is -0.0580. The Bertz CT molecular complexity index is 565. The molecule has 21 heavy (non-hydrogen) atoms. The maximum atomic E-state index is 12.2. The number of carbonyl (C=O) groups excluding carboxylic acids is 1. The lowest BCUT2D eigenvalue weighted by molar-refractivity contribution is 0.0953. The van der Waals surface area contributed by atoms with Crippen molar-refractivity contribution >= 4 is 11.6 Å². The summed E-state index contributed by atoms with van der Waals surface area (Å²) in [5.74, 6) is -0.0580. The molecule has 0 atom stereocenters. The van der Waals surface area contributed by atoms with E-state index in [1.165, 1.54) is 0 Å². The third-order valence-corrected chi connectivity index (χ3v) is 2.94. The first-order valence-corrected chi connectivity index (χ1v) is 7.14. The average Bonchev–Trinajstić information content (AvgIpc) is 2.96. The summed E-state index contributed by atoms with van der Waals surface area (Å²) in [4.78, 5) is 12.2. The van der Waals surface area contributed by atoms with Crippen LogP contribution < -0.4 is 10.6 Å². The molecular formula is C15H21N5O. The van der Waals surface area contributed by atoms with Gasteiger partial charge in [0.05, 0.1) is 11.8 Å². The maximum absolute atomic E-state index is 12.2. The van der Waals surface area contributed by atoms with E-state index in [1.54, 1.807) is 10.9 Å². The molecule has 6 heteroatoms. The first-order chi connectivity index (χ1) is 10.2. The van der Waals surface area contributed by atoms with Crippen molar-refractivity contribution in [3.8, 4) is 0 Å². The van der Waals surface area contributed by atoms with Gasteiger partial charge >= 0.3 is 0 Å². The lowest BCUT2D eigenvalue weighted by Gasteiger charge is -2.14. The van der Waals surface area contributed by atoms with Gasteiger partial charge in [0.15, 0.2) is 0 Å². The Morgan fingerprint density at radius 1 is 1.33 bits per heavy atom. The fraction of sp³-hybridized carbons (Fsp3) is 0.400. The summed E-state index contributed by atoms with van der Waals surface area (Å²) in [5, 5.41) is 13.8. The Hall–Kier alpha value is -2.37. The molecule has 0 radical (unpaired) electrons. The van der Waals surface area contributed by atoms with E-state index in [0.29, 0.717) is 12.1 Å². The molecule has 1 aromatic carbocycles. The lowest BCUT2D eigenvalue weighted by atomic mass is 10.1. The summed E-state index contributed by atoms with van der Waals surface area (Å²) >= 11 is 0. The van der Waals surface area contributed by atoms with Crippen LogP contribution in [0.1, 0.15) is 30.6 Å². The zero-order chi connectivity index (χ0) is 15.1. The molecule has 0 aliphatic carbocycles. The molecule has 1 amide bonds. The summed E-state index contributed by atoms with van der Waals surface area (Å²) in [6.45, 7) is 5.44. The van der Waals surface area contributed by atoms with Crippen LogP contribution in [0.25, 0.3) is 0 Å². The molecule has 1 aromatic heterocycles. The number of carbonyl (C=O) groups is 1. The second kappa shape index (κ2) is 7.42. The van der Waals surface area contributed by atoms with E-state index in [9.17, 15) is 4.79 Å². The van der Waals surface area contributed by atoms with Crippen molar-refractivity contribution in [3.05, 3.63) is 42.2 Å². The number of benzene rings is 1. The van der Waals surface area contributed by atoms with Gasteiger partial charge in [0, 0.05) is 31.0 Å². The van der Waals surface area contributed by atoms with Gasteiger partial charge in [-0.05, 0) is 32.4 Å². The largest absolute Gasteiger partial charge is 0.382 e. The number of aromatic nitrogens is 3. The number of amides is 1. The summed E-state index contributed by atoms with van der Waals surface area (Å²) in [6.07, 6.45) is 4.27. The van der Waals surface area contributed by atoms with Crippen molar-refractivity contribution in [3.63, 3.8) is 0 Å². The predicted octanol–water partition coefficient (Wildman–Crippen LogP) is 1.92. The molecule has 112 valence electrons. The van der Waals surface area contributed by atoms with Gasteiger partial charge in [-0.1, -0.05) is 17.3 Å². The summed E-state index contributed by atoms with van der Waals surface area (Å²) in [7, 11) is 0. The molecule has 0 unspecified atom stereocenters. The van der Waals surface area contributed by atoms with Crippen molar-refractivity contribution in [2.75, 3.05) is 11.9 Å². The second-order valence-electron chi connectivity index (χ2n) is 5.12. The fourth-order valence-corrected chi connectivity index (χ4v) is 2.01. The molecule has 0 fully saturated rings. The lowest BCUT2D eigenvalue weighted by Crippen LogP contribution is -2.26. The van der Waals surface area contributed by atoms with Gasteiger partial charge in [-0.15, -0.1) is 5.10 Å². The third kappa shape index (κ3) is 4.59. The van der Waals surface area contributed by atoms with Crippen LogP contribution in [0, 0.1) is 0 Å². The van der Waals surface area contributed by atoms with Crippen molar-refractivity contribution in [2.45, 2.75) is 32.9 Å². The summed E-state index contributed by atoms with van der Waals surface area (Å²) < 4.78 is 1.75. The molecule has 2 N–H and O–H groups in total. The highest BCUT2D eigenvalue weighted by Crippen LogP contribution is 2.15. The maximum Gasteiger partial charge on any atom is 0.253 e. The van der Waals surface area contributed by atoms with E-state index in [0.717, 1.165) is 18.7 Å². The SMILES string of the molecule is CC(C)Nc1ccccc1C(=O)NCCCn1ccnn1. The van der Waals surface area contributed by atoms with Crippen LogP contribution in [0.2, 0.25) is 0 Å². The van der Waals surface area contributed by atoms with Crippen LogP contribution in [-0.2, 0) is 6.54 Å². The number of hydrogen-bond acceptors (Lipinski definition) is 4. The Kier molecular flexibility index (Phi) is 5.31. The second-order valence-corrected chi connectivity index (χ2v) is 5.12. The van der Waals surface area contributed by atoms with E-state index in [4.69, 9.17) is 0 Å². The number of rotatable bonds is 7. The normalized spacial score (nSPS) is 10.6. The molecule has 6 nitrogen and oxygen atoms in total. The summed E-state index contributed by atoms with van der Waals surface area (Å²) in [6, 6.07) is 7.83. The minimum absolute atomic E-state index is 0.0580. The number of para-hydroxylation sites is 1. The van der Waals surface area contributed by atoms with Gasteiger partial charge < -0.3 is 10.6 Å². The van der Waals surface area contributed by atoms with Gasteiger partial charge in [0.1, 0.15) is 0 Å². The van der Waals surface area contributed by atoms with E-state index in [2.05, 4.69) is 20.9 Å². The molecule has 0 spiro atoms. The van der Waals surface area contributed by atoms with Crippen molar-refractivity contribution < 1.29 is 4.79 Å². The van der Waals surface area contributed by atoms with Gasteiger partial charge in [0.2, 0.25) is 0 Å². The first-order valence-electron chi connectivity index (χ1n) is 7.14. The van der Waals surface area contributed by atoms with Crippen molar-refractivity contribution in [1.29, 1.82) is 0 Å². The molecule has 2 aromatic rings. The predicted molar refractivity (Wildman–Crippen MR) is 82.2 cm³/mol. The number of nitrogens with zero attached hydrogens (tertiary/aromatic N) is 3. The smallest absolute Gasteiger partial charge is 0.253 e. The monoisotopic (exact) mass is 287 g/mol.